The van der Waals surface area contributed by atoms with Gasteiger partial charge in [0.1, 0.15) is 5.75 Å². The number of carbonyl (C=O) groups excluding carboxylic acids is 1. The average molecular weight is 362 g/mol. The number of hydrogen-bond acceptors (Lipinski definition) is 4. The zero-order chi connectivity index (χ0) is 18.4. The Morgan fingerprint density at radius 1 is 1.08 bits per heavy atom. The summed E-state index contributed by atoms with van der Waals surface area (Å²) in [7, 11) is -2.31. The third-order valence-electron chi connectivity index (χ3n) is 3.45. The summed E-state index contributed by atoms with van der Waals surface area (Å²) in [5, 5.41) is 2.79. The number of sulfonamides is 1. The first-order valence-corrected chi connectivity index (χ1v) is 9.36. The number of methoxy groups -OCH3 is 1. The van der Waals surface area contributed by atoms with E-state index in [9.17, 15) is 13.2 Å². The predicted octanol–water partition coefficient (Wildman–Crippen LogP) is 2.88. The molecule has 0 aromatic heterocycles. The van der Waals surface area contributed by atoms with E-state index in [0.717, 1.165) is 0 Å². The molecule has 134 valence electrons. The van der Waals surface area contributed by atoms with E-state index in [4.69, 9.17) is 4.74 Å². The molecule has 0 unspecified atom stereocenters. The van der Waals surface area contributed by atoms with Crippen molar-refractivity contribution in [2.75, 3.05) is 18.4 Å². The Kier molecular flexibility index (Phi) is 6.03. The summed E-state index contributed by atoms with van der Waals surface area (Å²) in [5.74, 6) is 0.541. The molecule has 0 atom stereocenters. The number of para-hydroxylation sites is 2. The molecule has 2 N–H and O–H groups in total. The maximum atomic E-state index is 12.5. The molecular formula is C18H22N2O4S. The smallest absolute Gasteiger partial charge is 0.262 e. The number of hydrogen-bond donors (Lipinski definition) is 2. The van der Waals surface area contributed by atoms with E-state index in [2.05, 4.69) is 10.0 Å². The van der Waals surface area contributed by atoms with Gasteiger partial charge in [-0.15, -0.1) is 0 Å². The molecule has 0 saturated heterocycles. The molecule has 0 fully saturated rings. The molecule has 6 nitrogen and oxygen atoms in total. The van der Waals surface area contributed by atoms with E-state index in [1.165, 1.54) is 31.4 Å². The van der Waals surface area contributed by atoms with E-state index < -0.39 is 10.0 Å². The van der Waals surface area contributed by atoms with Crippen molar-refractivity contribution in [3.05, 3.63) is 54.1 Å². The number of rotatable bonds is 7. The van der Waals surface area contributed by atoms with E-state index in [-0.39, 0.29) is 10.8 Å². The SMILES string of the molecule is COc1ccccc1NS(=O)(=O)c1ccc(C(=O)NCC(C)C)cc1. The van der Waals surface area contributed by atoms with E-state index >= 15 is 0 Å². The predicted molar refractivity (Wildman–Crippen MR) is 97.4 cm³/mol. The maximum absolute atomic E-state index is 12.5. The second kappa shape index (κ2) is 8.02. The molecule has 0 aliphatic heterocycles. The highest BCUT2D eigenvalue weighted by Gasteiger charge is 2.17. The number of amides is 1. The molecule has 0 heterocycles. The van der Waals surface area contributed by atoms with Crippen LogP contribution < -0.4 is 14.8 Å². The molecule has 7 heteroatoms. The second-order valence-corrected chi connectivity index (χ2v) is 7.62. The van der Waals surface area contributed by atoms with Gasteiger partial charge < -0.3 is 10.1 Å². The largest absolute Gasteiger partial charge is 0.495 e. The Morgan fingerprint density at radius 2 is 1.72 bits per heavy atom. The second-order valence-electron chi connectivity index (χ2n) is 5.93. The zero-order valence-electron chi connectivity index (χ0n) is 14.4. The number of benzene rings is 2. The Morgan fingerprint density at radius 3 is 2.32 bits per heavy atom. The molecule has 0 saturated carbocycles. The van der Waals surface area contributed by atoms with Gasteiger partial charge in [-0.1, -0.05) is 26.0 Å². The van der Waals surface area contributed by atoms with Gasteiger partial charge in [0, 0.05) is 12.1 Å². The van der Waals surface area contributed by atoms with Gasteiger partial charge in [-0.2, -0.15) is 0 Å². The van der Waals surface area contributed by atoms with Crippen LogP contribution in [0, 0.1) is 5.92 Å². The monoisotopic (exact) mass is 362 g/mol. The van der Waals surface area contributed by atoms with Crippen molar-refractivity contribution < 1.29 is 17.9 Å². The molecule has 0 radical (unpaired) electrons. The van der Waals surface area contributed by atoms with Crippen LogP contribution in [-0.4, -0.2) is 28.0 Å². The summed E-state index contributed by atoms with van der Waals surface area (Å²) < 4.78 is 32.6. The van der Waals surface area contributed by atoms with Gasteiger partial charge in [-0.05, 0) is 42.3 Å². The van der Waals surface area contributed by atoms with Crippen molar-refractivity contribution in [1.29, 1.82) is 0 Å². The Balaban J connectivity index is 2.16. The number of carbonyl (C=O) groups is 1. The summed E-state index contributed by atoms with van der Waals surface area (Å²) in [6, 6.07) is 12.5. The van der Waals surface area contributed by atoms with Gasteiger partial charge in [-0.25, -0.2) is 8.42 Å². The molecule has 0 aliphatic rings. The molecule has 0 bridgehead atoms. The third kappa shape index (κ3) is 4.96. The highest BCUT2D eigenvalue weighted by atomic mass is 32.2. The highest BCUT2D eigenvalue weighted by Crippen LogP contribution is 2.26. The molecule has 2 aromatic carbocycles. The van der Waals surface area contributed by atoms with Crippen LogP contribution in [0.4, 0.5) is 5.69 Å². The first-order valence-electron chi connectivity index (χ1n) is 7.87. The molecule has 25 heavy (non-hydrogen) atoms. The molecule has 1 amide bonds. The van der Waals surface area contributed by atoms with Crippen LogP contribution in [-0.2, 0) is 10.0 Å². The normalized spacial score (nSPS) is 11.2. The lowest BCUT2D eigenvalue weighted by Gasteiger charge is -2.12. The number of ether oxygens (including phenoxy) is 1. The fourth-order valence-electron chi connectivity index (χ4n) is 2.12. The standard InChI is InChI=1S/C18H22N2O4S/c1-13(2)12-19-18(21)14-8-10-15(11-9-14)25(22,23)20-16-6-4-5-7-17(16)24-3/h4-11,13,20H,12H2,1-3H3,(H,19,21). The minimum atomic E-state index is -3.78. The lowest BCUT2D eigenvalue weighted by molar-refractivity contribution is 0.0949. The van der Waals surface area contributed by atoms with Crippen molar-refractivity contribution in [1.82, 2.24) is 5.32 Å². The molecule has 0 aliphatic carbocycles. The van der Waals surface area contributed by atoms with Crippen LogP contribution >= 0.6 is 0 Å². The topological polar surface area (TPSA) is 84.5 Å². The first-order chi connectivity index (χ1) is 11.8. The molecular weight excluding hydrogens is 340 g/mol. The lowest BCUT2D eigenvalue weighted by atomic mass is 10.2. The van der Waals surface area contributed by atoms with Crippen molar-refractivity contribution in [2.45, 2.75) is 18.7 Å². The zero-order valence-corrected chi connectivity index (χ0v) is 15.3. The van der Waals surface area contributed by atoms with Crippen molar-refractivity contribution in [3.63, 3.8) is 0 Å². The quantitative estimate of drug-likeness (QED) is 0.793. The maximum Gasteiger partial charge on any atom is 0.262 e. The van der Waals surface area contributed by atoms with Gasteiger partial charge in [0.25, 0.3) is 15.9 Å². The Labute approximate surface area is 148 Å². The Bertz CT molecular complexity index is 830. The van der Waals surface area contributed by atoms with Crippen LogP contribution in [0.5, 0.6) is 5.75 Å². The minimum Gasteiger partial charge on any atom is -0.495 e. The van der Waals surface area contributed by atoms with Crippen LogP contribution in [0.2, 0.25) is 0 Å². The fourth-order valence-corrected chi connectivity index (χ4v) is 3.19. The van der Waals surface area contributed by atoms with Crippen molar-refractivity contribution >= 4 is 21.6 Å². The van der Waals surface area contributed by atoms with Crippen LogP contribution in [0.1, 0.15) is 24.2 Å². The summed E-state index contributed by atoms with van der Waals surface area (Å²) in [6.07, 6.45) is 0. The third-order valence-corrected chi connectivity index (χ3v) is 4.83. The van der Waals surface area contributed by atoms with E-state index in [0.29, 0.717) is 29.5 Å². The summed E-state index contributed by atoms with van der Waals surface area (Å²) in [5.41, 5.74) is 0.764. The Hall–Kier alpha value is -2.54. The fraction of sp³-hybridized carbons (Fsp3) is 0.278. The van der Waals surface area contributed by atoms with Gasteiger partial charge in [-0.3, -0.25) is 9.52 Å². The van der Waals surface area contributed by atoms with E-state index in [1.807, 2.05) is 13.8 Å². The van der Waals surface area contributed by atoms with Gasteiger partial charge in [0.15, 0.2) is 0 Å². The number of anilines is 1. The molecule has 2 aromatic rings. The van der Waals surface area contributed by atoms with E-state index in [1.54, 1.807) is 24.3 Å². The summed E-state index contributed by atoms with van der Waals surface area (Å²) >= 11 is 0. The number of nitrogens with one attached hydrogen (secondary N) is 2. The molecule has 2 rings (SSSR count). The average Bonchev–Trinajstić information content (AvgIpc) is 2.60. The molecule has 0 spiro atoms. The summed E-state index contributed by atoms with van der Waals surface area (Å²) in [6.45, 7) is 4.56. The van der Waals surface area contributed by atoms with Crippen molar-refractivity contribution in [3.8, 4) is 5.75 Å². The van der Waals surface area contributed by atoms with Crippen molar-refractivity contribution in [2.24, 2.45) is 5.92 Å². The highest BCUT2D eigenvalue weighted by molar-refractivity contribution is 7.92. The van der Waals surface area contributed by atoms with Gasteiger partial charge in [0.2, 0.25) is 0 Å². The van der Waals surface area contributed by atoms with Gasteiger partial charge >= 0.3 is 0 Å². The lowest BCUT2D eigenvalue weighted by Crippen LogP contribution is -2.27. The van der Waals surface area contributed by atoms with Gasteiger partial charge in [0.05, 0.1) is 17.7 Å². The summed E-state index contributed by atoms with van der Waals surface area (Å²) in [4.78, 5) is 12.1. The van der Waals surface area contributed by atoms with Crippen LogP contribution in [0.3, 0.4) is 0 Å². The minimum absolute atomic E-state index is 0.0683. The van der Waals surface area contributed by atoms with Crippen LogP contribution in [0.15, 0.2) is 53.4 Å². The van der Waals surface area contributed by atoms with Crippen LogP contribution in [0.25, 0.3) is 0 Å². The first kappa shape index (κ1) is 18.8.